The lowest BCUT2D eigenvalue weighted by molar-refractivity contribution is -0.0512. The Morgan fingerprint density at radius 3 is 2.81 bits per heavy atom. The number of carbonyl (C=O) groups excluding carboxylic acids is 1. The van der Waals surface area contributed by atoms with Crippen LogP contribution in [-0.4, -0.2) is 47.8 Å². The first-order chi connectivity index (χ1) is 15.4. The standard InChI is InChI=1S/C22H20F3N3O4/c1-30-18-11-14(7-8-17(18)31-22(24)25)21(29)28-9-3-5-15(12-28)20-26-19(27-32-20)13-4-2-6-16(23)10-13/h2,4,6-8,10-11,15,22H,3,5,9,12H2,1H3. The second-order valence-corrected chi connectivity index (χ2v) is 7.30. The lowest BCUT2D eigenvalue weighted by Gasteiger charge is -2.31. The zero-order valence-electron chi connectivity index (χ0n) is 17.1. The summed E-state index contributed by atoms with van der Waals surface area (Å²) in [4.78, 5) is 19.0. The maximum atomic E-state index is 13.5. The molecule has 4 rings (SSSR count). The highest BCUT2D eigenvalue weighted by atomic mass is 19.3. The molecule has 2 aromatic carbocycles. The van der Waals surface area contributed by atoms with Crippen molar-refractivity contribution in [2.75, 3.05) is 20.2 Å². The fourth-order valence-electron chi connectivity index (χ4n) is 3.69. The van der Waals surface area contributed by atoms with E-state index in [4.69, 9.17) is 9.26 Å². The van der Waals surface area contributed by atoms with Gasteiger partial charge in [-0.1, -0.05) is 17.3 Å². The van der Waals surface area contributed by atoms with Crippen LogP contribution >= 0.6 is 0 Å². The quantitative estimate of drug-likeness (QED) is 0.554. The highest BCUT2D eigenvalue weighted by Gasteiger charge is 2.30. The number of hydrogen-bond acceptors (Lipinski definition) is 6. The SMILES string of the molecule is COc1cc(C(=O)N2CCCC(c3nc(-c4cccc(F)c4)no3)C2)ccc1OC(F)F. The third-order valence-electron chi connectivity index (χ3n) is 5.21. The average molecular weight is 447 g/mol. The minimum atomic E-state index is -3.00. The molecule has 0 N–H and O–H groups in total. The number of aromatic nitrogens is 2. The molecule has 10 heteroatoms. The number of benzene rings is 2. The van der Waals surface area contributed by atoms with Crippen LogP contribution in [-0.2, 0) is 0 Å². The second kappa shape index (κ2) is 9.29. The molecule has 7 nitrogen and oxygen atoms in total. The maximum Gasteiger partial charge on any atom is 0.387 e. The van der Waals surface area contributed by atoms with Crippen LogP contribution in [0.2, 0.25) is 0 Å². The molecule has 1 aliphatic heterocycles. The molecule has 1 atom stereocenters. The van der Waals surface area contributed by atoms with E-state index >= 15 is 0 Å². The number of likely N-dealkylation sites (tertiary alicyclic amines) is 1. The van der Waals surface area contributed by atoms with Gasteiger partial charge in [-0.05, 0) is 43.2 Å². The molecule has 3 aromatic rings. The number of alkyl halides is 2. The van der Waals surface area contributed by atoms with Crippen LogP contribution in [0.3, 0.4) is 0 Å². The highest BCUT2D eigenvalue weighted by molar-refractivity contribution is 5.95. The zero-order valence-corrected chi connectivity index (χ0v) is 17.1. The van der Waals surface area contributed by atoms with Gasteiger partial charge in [0, 0.05) is 24.2 Å². The van der Waals surface area contributed by atoms with Crippen molar-refractivity contribution in [1.29, 1.82) is 0 Å². The summed E-state index contributed by atoms with van der Waals surface area (Å²) >= 11 is 0. The number of carbonyl (C=O) groups is 1. The topological polar surface area (TPSA) is 77.7 Å². The van der Waals surface area contributed by atoms with Gasteiger partial charge in [0.05, 0.1) is 13.0 Å². The van der Waals surface area contributed by atoms with Crippen LogP contribution in [0.5, 0.6) is 11.5 Å². The third-order valence-corrected chi connectivity index (χ3v) is 5.21. The molecule has 1 amide bonds. The first-order valence-electron chi connectivity index (χ1n) is 9.96. The van der Waals surface area contributed by atoms with Gasteiger partial charge in [0.2, 0.25) is 11.7 Å². The van der Waals surface area contributed by atoms with Crippen molar-refractivity contribution in [2.45, 2.75) is 25.4 Å². The third kappa shape index (κ3) is 4.68. The van der Waals surface area contributed by atoms with Crippen molar-refractivity contribution < 1.29 is 32.0 Å². The van der Waals surface area contributed by atoms with Gasteiger partial charge in [-0.3, -0.25) is 4.79 Å². The lowest BCUT2D eigenvalue weighted by atomic mass is 9.97. The molecule has 32 heavy (non-hydrogen) atoms. The molecule has 1 aliphatic rings. The van der Waals surface area contributed by atoms with E-state index < -0.39 is 12.4 Å². The molecule has 1 fully saturated rings. The van der Waals surface area contributed by atoms with Gasteiger partial charge in [0.25, 0.3) is 5.91 Å². The Bertz CT molecular complexity index is 1110. The van der Waals surface area contributed by atoms with Crippen molar-refractivity contribution in [2.24, 2.45) is 0 Å². The normalized spacial score (nSPS) is 16.3. The number of piperidine rings is 1. The van der Waals surface area contributed by atoms with E-state index in [2.05, 4.69) is 14.9 Å². The molecular weight excluding hydrogens is 427 g/mol. The molecular formula is C22H20F3N3O4. The number of rotatable bonds is 6. The second-order valence-electron chi connectivity index (χ2n) is 7.30. The monoisotopic (exact) mass is 447 g/mol. The van der Waals surface area contributed by atoms with Crippen molar-refractivity contribution in [3.05, 3.63) is 59.7 Å². The summed E-state index contributed by atoms with van der Waals surface area (Å²) in [5.74, 6) is -0.300. The van der Waals surface area contributed by atoms with Crippen LogP contribution in [0.4, 0.5) is 13.2 Å². The van der Waals surface area contributed by atoms with Gasteiger partial charge in [-0.15, -0.1) is 0 Å². The summed E-state index contributed by atoms with van der Waals surface area (Å²) in [7, 11) is 1.31. The fourth-order valence-corrected chi connectivity index (χ4v) is 3.69. The number of halogens is 3. The Hall–Kier alpha value is -3.56. The maximum absolute atomic E-state index is 13.5. The Morgan fingerprint density at radius 1 is 1.22 bits per heavy atom. The van der Waals surface area contributed by atoms with Crippen LogP contribution < -0.4 is 9.47 Å². The van der Waals surface area contributed by atoms with Gasteiger partial charge in [-0.25, -0.2) is 4.39 Å². The van der Waals surface area contributed by atoms with E-state index in [-0.39, 0.29) is 34.7 Å². The smallest absolute Gasteiger partial charge is 0.387 e. The van der Waals surface area contributed by atoms with E-state index in [1.165, 1.54) is 37.4 Å². The zero-order chi connectivity index (χ0) is 22.7. The largest absolute Gasteiger partial charge is 0.493 e. The number of methoxy groups -OCH3 is 1. The van der Waals surface area contributed by atoms with E-state index in [9.17, 15) is 18.0 Å². The van der Waals surface area contributed by atoms with Crippen molar-refractivity contribution in [3.8, 4) is 22.9 Å². The number of hydrogen-bond donors (Lipinski definition) is 0. The van der Waals surface area contributed by atoms with Crippen molar-refractivity contribution in [3.63, 3.8) is 0 Å². The van der Waals surface area contributed by atoms with Gasteiger partial charge >= 0.3 is 6.61 Å². The average Bonchev–Trinajstić information content (AvgIpc) is 3.29. The lowest BCUT2D eigenvalue weighted by Crippen LogP contribution is -2.39. The summed E-state index contributed by atoms with van der Waals surface area (Å²) in [5, 5.41) is 3.94. The summed E-state index contributed by atoms with van der Waals surface area (Å²) in [6.45, 7) is -2.13. The van der Waals surface area contributed by atoms with Crippen molar-refractivity contribution in [1.82, 2.24) is 15.0 Å². The number of nitrogens with zero attached hydrogens (tertiary/aromatic N) is 3. The Morgan fingerprint density at radius 2 is 2.06 bits per heavy atom. The van der Waals surface area contributed by atoms with Gasteiger partial charge in [0.15, 0.2) is 11.5 Å². The van der Waals surface area contributed by atoms with Gasteiger partial charge < -0.3 is 18.9 Å². The fraction of sp³-hybridized carbons (Fsp3) is 0.318. The minimum absolute atomic E-state index is 0.0429. The molecule has 0 aliphatic carbocycles. The number of amides is 1. The van der Waals surface area contributed by atoms with Crippen molar-refractivity contribution >= 4 is 5.91 Å². The molecule has 1 unspecified atom stereocenters. The van der Waals surface area contributed by atoms with Crippen LogP contribution in [0.15, 0.2) is 47.0 Å². The predicted octanol–water partition coefficient (Wildman–Crippen LogP) is 4.51. The minimum Gasteiger partial charge on any atom is -0.493 e. The van der Waals surface area contributed by atoms with E-state index in [0.717, 1.165) is 12.8 Å². The van der Waals surface area contributed by atoms with Gasteiger partial charge in [0.1, 0.15) is 5.82 Å². The Labute approximate surface area is 181 Å². The summed E-state index contributed by atoms with van der Waals surface area (Å²) in [6, 6.07) is 9.97. The molecule has 0 bridgehead atoms. The Kier molecular flexibility index (Phi) is 6.29. The molecule has 1 saturated heterocycles. The van der Waals surface area contributed by atoms with E-state index in [1.807, 2.05) is 0 Å². The first-order valence-corrected chi connectivity index (χ1v) is 9.96. The van der Waals surface area contributed by atoms with Crippen LogP contribution in [0.25, 0.3) is 11.4 Å². The molecule has 0 saturated carbocycles. The molecule has 168 valence electrons. The molecule has 1 aromatic heterocycles. The Balaban J connectivity index is 1.49. The first kappa shape index (κ1) is 21.7. The summed E-state index contributed by atoms with van der Waals surface area (Å²) in [6.07, 6.45) is 1.47. The molecule has 0 spiro atoms. The predicted molar refractivity (Wildman–Crippen MR) is 107 cm³/mol. The molecule has 0 radical (unpaired) electrons. The van der Waals surface area contributed by atoms with Gasteiger partial charge in [-0.2, -0.15) is 13.8 Å². The van der Waals surface area contributed by atoms with E-state index in [0.29, 0.717) is 24.5 Å². The summed E-state index contributed by atoms with van der Waals surface area (Å²) in [5.41, 5.74) is 0.789. The van der Waals surface area contributed by atoms with Crippen LogP contribution in [0.1, 0.15) is 35.0 Å². The number of ether oxygens (including phenoxy) is 2. The molecule has 2 heterocycles. The highest BCUT2D eigenvalue weighted by Crippen LogP contribution is 2.32. The van der Waals surface area contributed by atoms with E-state index in [1.54, 1.807) is 17.0 Å². The van der Waals surface area contributed by atoms with Crippen LogP contribution in [0, 0.1) is 5.82 Å². The summed E-state index contributed by atoms with van der Waals surface area (Å²) < 4.78 is 53.4.